The predicted molar refractivity (Wildman–Crippen MR) is 98.9 cm³/mol. The van der Waals surface area contributed by atoms with Gasteiger partial charge >= 0.3 is 0 Å². The minimum atomic E-state index is -0.591. The van der Waals surface area contributed by atoms with E-state index in [9.17, 15) is 4.79 Å². The monoisotopic (exact) mass is 349 g/mol. The van der Waals surface area contributed by atoms with E-state index in [2.05, 4.69) is 36.7 Å². The zero-order valence-electron chi connectivity index (χ0n) is 15.7. The van der Waals surface area contributed by atoms with E-state index in [0.717, 1.165) is 30.6 Å². The van der Waals surface area contributed by atoms with Crippen LogP contribution in [-0.4, -0.2) is 13.0 Å². The number of aryl methyl sites for hydroxylation is 2. The van der Waals surface area contributed by atoms with Crippen molar-refractivity contribution < 1.29 is 14.2 Å². The standard InChI is InChI=1S/C22H25N2O2/c1-21(2)18-12-16-8-6-7-11-23(16)14-15(18)13-22(21)17-9-4-5-10-19(17)24(26-3)20(22)25/h4-5,9-10,12,14H,6-8,11,13H2,1-3H3/q+1. The molecule has 2 aliphatic heterocycles. The molecule has 0 fully saturated rings. The van der Waals surface area contributed by atoms with Crippen molar-refractivity contribution in [1.29, 1.82) is 0 Å². The molecule has 0 N–H and O–H groups in total. The summed E-state index contributed by atoms with van der Waals surface area (Å²) in [5, 5.41) is 1.50. The summed E-state index contributed by atoms with van der Waals surface area (Å²) in [6.45, 7) is 5.55. The van der Waals surface area contributed by atoms with Crippen molar-refractivity contribution in [3.8, 4) is 0 Å². The van der Waals surface area contributed by atoms with Gasteiger partial charge in [0.25, 0.3) is 5.91 Å². The highest BCUT2D eigenvalue weighted by molar-refractivity contribution is 6.08. The second-order valence-corrected chi connectivity index (χ2v) is 8.36. The van der Waals surface area contributed by atoms with Crippen molar-refractivity contribution in [3.05, 3.63) is 58.9 Å². The van der Waals surface area contributed by atoms with Crippen molar-refractivity contribution in [2.75, 3.05) is 12.2 Å². The van der Waals surface area contributed by atoms with Crippen molar-refractivity contribution >= 4 is 11.6 Å². The van der Waals surface area contributed by atoms with Crippen LogP contribution >= 0.6 is 0 Å². The molecule has 4 nitrogen and oxygen atoms in total. The first-order valence-corrected chi connectivity index (χ1v) is 9.54. The number of para-hydroxylation sites is 1. The van der Waals surface area contributed by atoms with Crippen LogP contribution in [0.2, 0.25) is 0 Å². The van der Waals surface area contributed by atoms with Gasteiger partial charge in [-0.3, -0.25) is 9.63 Å². The van der Waals surface area contributed by atoms with Gasteiger partial charge in [0.05, 0.1) is 18.2 Å². The highest BCUT2D eigenvalue weighted by atomic mass is 16.7. The molecule has 0 saturated heterocycles. The van der Waals surface area contributed by atoms with Crippen LogP contribution < -0.4 is 9.63 Å². The number of pyridine rings is 1. The number of aromatic nitrogens is 1. The van der Waals surface area contributed by atoms with E-state index in [1.54, 1.807) is 7.11 Å². The minimum absolute atomic E-state index is 0.0605. The first-order chi connectivity index (χ1) is 12.5. The molecule has 5 rings (SSSR count). The first kappa shape index (κ1) is 16.0. The number of hydrogen-bond donors (Lipinski definition) is 0. The van der Waals surface area contributed by atoms with Gasteiger partial charge in [-0.25, -0.2) is 4.57 Å². The maximum absolute atomic E-state index is 13.6. The van der Waals surface area contributed by atoms with Crippen molar-refractivity contribution in [3.63, 3.8) is 0 Å². The van der Waals surface area contributed by atoms with Gasteiger partial charge in [-0.1, -0.05) is 32.0 Å². The fraction of sp³-hybridized carbons (Fsp3) is 0.455. The number of fused-ring (bicyclic) bond motifs is 4. The summed E-state index contributed by atoms with van der Waals surface area (Å²) in [5.74, 6) is 0.0605. The molecular formula is C22H25N2O2+. The quantitative estimate of drug-likeness (QED) is 0.742. The molecule has 1 spiro atoms. The molecule has 1 amide bonds. The van der Waals surface area contributed by atoms with E-state index in [1.165, 1.54) is 34.7 Å². The van der Waals surface area contributed by atoms with E-state index in [-0.39, 0.29) is 11.3 Å². The van der Waals surface area contributed by atoms with Crippen LogP contribution in [0.25, 0.3) is 0 Å². The van der Waals surface area contributed by atoms with E-state index in [4.69, 9.17) is 4.84 Å². The number of carbonyl (C=O) groups is 1. The molecule has 1 aliphatic carbocycles. The second-order valence-electron chi connectivity index (χ2n) is 8.36. The number of amides is 1. The van der Waals surface area contributed by atoms with Crippen LogP contribution in [-0.2, 0) is 39.8 Å². The number of benzene rings is 1. The normalized spacial score (nSPS) is 25.3. The Bertz CT molecular complexity index is 934. The summed E-state index contributed by atoms with van der Waals surface area (Å²) in [4.78, 5) is 19.1. The first-order valence-electron chi connectivity index (χ1n) is 9.54. The van der Waals surface area contributed by atoms with Gasteiger partial charge in [-0.15, -0.1) is 0 Å². The van der Waals surface area contributed by atoms with Crippen LogP contribution in [0.15, 0.2) is 36.5 Å². The van der Waals surface area contributed by atoms with E-state index < -0.39 is 5.41 Å². The molecule has 134 valence electrons. The zero-order valence-corrected chi connectivity index (χ0v) is 15.7. The Labute approximate surface area is 154 Å². The lowest BCUT2D eigenvalue weighted by molar-refractivity contribution is -0.709. The summed E-state index contributed by atoms with van der Waals surface area (Å²) in [5.41, 5.74) is 5.15. The SMILES string of the molecule is CON1C(=O)C2(Cc3c[n+]4c(cc3C2(C)C)CCCC4)c2ccccc21. The van der Waals surface area contributed by atoms with Crippen LogP contribution in [0.3, 0.4) is 0 Å². The molecule has 2 aromatic rings. The molecule has 4 heteroatoms. The summed E-state index contributed by atoms with van der Waals surface area (Å²) in [7, 11) is 1.58. The van der Waals surface area contributed by atoms with Crippen molar-refractivity contribution in [2.45, 2.75) is 56.9 Å². The highest BCUT2D eigenvalue weighted by Crippen LogP contribution is 2.59. The fourth-order valence-electron chi connectivity index (χ4n) is 5.52. The van der Waals surface area contributed by atoms with Gasteiger partial charge < -0.3 is 0 Å². The van der Waals surface area contributed by atoms with Crippen molar-refractivity contribution in [1.82, 2.24) is 0 Å². The third kappa shape index (κ3) is 1.73. The van der Waals surface area contributed by atoms with E-state index in [0.29, 0.717) is 0 Å². The third-order valence-corrected chi connectivity index (χ3v) is 6.93. The van der Waals surface area contributed by atoms with Crippen LogP contribution in [0, 0.1) is 0 Å². The Balaban J connectivity index is 1.75. The molecule has 1 atom stereocenters. The van der Waals surface area contributed by atoms with Gasteiger partial charge in [-0.05, 0) is 30.0 Å². The Hall–Kier alpha value is -2.20. The topological polar surface area (TPSA) is 33.4 Å². The number of carbonyl (C=O) groups excluding carboxylic acids is 1. The molecule has 26 heavy (non-hydrogen) atoms. The lowest BCUT2D eigenvalue weighted by Crippen LogP contribution is -2.50. The molecule has 3 heterocycles. The maximum atomic E-state index is 13.6. The molecule has 3 aliphatic rings. The summed E-state index contributed by atoms with van der Waals surface area (Å²) in [6.07, 6.45) is 6.68. The van der Waals surface area contributed by atoms with Gasteiger partial charge in [0.2, 0.25) is 0 Å². The second kappa shape index (κ2) is 5.17. The van der Waals surface area contributed by atoms with Crippen LogP contribution in [0.5, 0.6) is 0 Å². The van der Waals surface area contributed by atoms with Gasteiger partial charge in [-0.2, -0.15) is 5.06 Å². The number of hydroxylamine groups is 1. The molecule has 1 unspecified atom stereocenters. The summed E-state index contributed by atoms with van der Waals surface area (Å²) < 4.78 is 2.40. The average Bonchev–Trinajstić information content (AvgIpc) is 3.03. The average molecular weight is 349 g/mol. The molecule has 1 aromatic heterocycles. The Morgan fingerprint density at radius 3 is 2.77 bits per heavy atom. The Morgan fingerprint density at radius 2 is 1.96 bits per heavy atom. The molecular weight excluding hydrogens is 324 g/mol. The molecule has 0 radical (unpaired) electrons. The maximum Gasteiger partial charge on any atom is 0.262 e. The Morgan fingerprint density at radius 1 is 1.15 bits per heavy atom. The number of hydrogen-bond acceptors (Lipinski definition) is 2. The molecule has 0 saturated carbocycles. The van der Waals surface area contributed by atoms with Gasteiger partial charge in [0, 0.05) is 29.9 Å². The summed E-state index contributed by atoms with van der Waals surface area (Å²) >= 11 is 0. The van der Waals surface area contributed by atoms with Gasteiger partial charge in [0.1, 0.15) is 6.54 Å². The third-order valence-electron chi connectivity index (χ3n) is 6.93. The highest BCUT2D eigenvalue weighted by Gasteiger charge is 2.64. The smallest absolute Gasteiger partial charge is 0.262 e. The lowest BCUT2D eigenvalue weighted by atomic mass is 9.63. The minimum Gasteiger partial charge on any atom is -0.271 e. The van der Waals surface area contributed by atoms with Crippen molar-refractivity contribution in [2.24, 2.45) is 0 Å². The molecule has 1 aromatic carbocycles. The largest absolute Gasteiger partial charge is 0.271 e. The number of anilines is 1. The van der Waals surface area contributed by atoms with Gasteiger partial charge in [0.15, 0.2) is 11.9 Å². The zero-order chi connectivity index (χ0) is 18.1. The number of rotatable bonds is 1. The number of nitrogens with zero attached hydrogens (tertiary/aromatic N) is 2. The summed E-state index contributed by atoms with van der Waals surface area (Å²) in [6, 6.07) is 10.5. The fourth-order valence-corrected chi connectivity index (χ4v) is 5.52. The predicted octanol–water partition coefficient (Wildman–Crippen LogP) is 2.99. The van der Waals surface area contributed by atoms with E-state index >= 15 is 0 Å². The lowest BCUT2D eigenvalue weighted by Gasteiger charge is -2.37. The molecule has 0 bridgehead atoms. The van der Waals surface area contributed by atoms with Crippen LogP contribution in [0.4, 0.5) is 5.69 Å². The van der Waals surface area contributed by atoms with Crippen LogP contribution in [0.1, 0.15) is 49.1 Å². The Kier molecular flexibility index (Phi) is 3.18. The van der Waals surface area contributed by atoms with E-state index in [1.807, 2.05) is 18.2 Å².